The molecule has 0 unspecified atom stereocenters. The number of hydrogen-bond acceptors (Lipinski definition) is 3. The number of piperidine rings is 1. The largest absolute Gasteiger partial charge is 0.339 e. The average Bonchev–Trinajstić information content (AvgIpc) is 2.95. The van der Waals surface area contributed by atoms with Gasteiger partial charge in [0.1, 0.15) is 0 Å². The van der Waals surface area contributed by atoms with Crippen LogP contribution in [0.25, 0.3) is 0 Å². The molecule has 0 saturated carbocycles. The second kappa shape index (κ2) is 9.92. The number of carbonyl (C=O) groups is 2. The van der Waals surface area contributed by atoms with Crippen LogP contribution in [0.15, 0.2) is 24.3 Å². The summed E-state index contributed by atoms with van der Waals surface area (Å²) in [5.41, 5.74) is 1.43. The highest BCUT2D eigenvalue weighted by Crippen LogP contribution is 2.19. The van der Waals surface area contributed by atoms with Gasteiger partial charge in [0, 0.05) is 44.0 Å². The molecular weight excluding hydrogens is 352 g/mol. The van der Waals surface area contributed by atoms with E-state index in [2.05, 4.69) is 24.1 Å². The van der Waals surface area contributed by atoms with Crippen LogP contribution in [0.4, 0.5) is 10.5 Å². The quantitative estimate of drug-likeness (QED) is 0.862. The van der Waals surface area contributed by atoms with Gasteiger partial charge in [-0.05, 0) is 69.0 Å². The van der Waals surface area contributed by atoms with E-state index in [0.717, 1.165) is 77.2 Å². The van der Waals surface area contributed by atoms with Gasteiger partial charge in [0.05, 0.1) is 0 Å². The van der Waals surface area contributed by atoms with Crippen LogP contribution in [0.3, 0.4) is 0 Å². The second-order valence-electron chi connectivity index (χ2n) is 8.16. The van der Waals surface area contributed by atoms with Crippen molar-refractivity contribution in [1.82, 2.24) is 14.7 Å². The van der Waals surface area contributed by atoms with Crippen LogP contribution < -0.4 is 5.32 Å². The summed E-state index contributed by atoms with van der Waals surface area (Å²) in [7, 11) is 0. The van der Waals surface area contributed by atoms with Crippen molar-refractivity contribution in [2.24, 2.45) is 5.92 Å². The maximum atomic E-state index is 12.6. The van der Waals surface area contributed by atoms with Crippen LogP contribution in [-0.2, 0) is 0 Å². The molecule has 3 amide bonds. The van der Waals surface area contributed by atoms with Gasteiger partial charge in [0.15, 0.2) is 0 Å². The lowest BCUT2D eigenvalue weighted by Gasteiger charge is -2.30. The molecule has 0 atom stereocenters. The summed E-state index contributed by atoms with van der Waals surface area (Å²) in [5.74, 6) is 0.794. The van der Waals surface area contributed by atoms with E-state index in [1.54, 1.807) is 0 Å². The zero-order chi connectivity index (χ0) is 19.9. The Morgan fingerprint density at radius 2 is 1.68 bits per heavy atom. The standard InChI is InChI=1S/C22H34N4O2/c1-3-11-24-12-4-13-26(17-16-24)22(28)23-20-7-5-19(6-8-20)21(27)25-14-9-18(2)10-15-25/h5-8,18H,3-4,9-17H2,1-2H3,(H,23,28). The second-order valence-corrected chi connectivity index (χ2v) is 8.16. The molecule has 2 saturated heterocycles. The first-order chi connectivity index (χ1) is 13.6. The number of urea groups is 1. The molecule has 3 rings (SSSR count). The molecule has 0 spiro atoms. The van der Waals surface area contributed by atoms with Crippen LogP contribution >= 0.6 is 0 Å². The van der Waals surface area contributed by atoms with Gasteiger partial charge in [-0.3, -0.25) is 4.79 Å². The van der Waals surface area contributed by atoms with Gasteiger partial charge in [0.25, 0.3) is 5.91 Å². The van der Waals surface area contributed by atoms with Crippen LogP contribution in [0.2, 0.25) is 0 Å². The Morgan fingerprint density at radius 1 is 0.964 bits per heavy atom. The Balaban J connectivity index is 1.52. The molecule has 0 aromatic heterocycles. The third kappa shape index (κ3) is 5.47. The minimum absolute atomic E-state index is 0.0533. The molecule has 6 nitrogen and oxygen atoms in total. The first kappa shape index (κ1) is 20.6. The van der Waals surface area contributed by atoms with E-state index in [4.69, 9.17) is 0 Å². The molecule has 2 heterocycles. The third-order valence-corrected chi connectivity index (χ3v) is 5.87. The van der Waals surface area contributed by atoms with E-state index in [1.807, 2.05) is 34.1 Å². The molecule has 2 aliphatic rings. The minimum atomic E-state index is -0.0533. The smallest absolute Gasteiger partial charge is 0.321 e. The van der Waals surface area contributed by atoms with Crippen molar-refractivity contribution in [3.63, 3.8) is 0 Å². The number of nitrogens with one attached hydrogen (secondary N) is 1. The lowest BCUT2D eigenvalue weighted by atomic mass is 9.98. The third-order valence-electron chi connectivity index (χ3n) is 5.87. The molecule has 2 fully saturated rings. The van der Waals surface area contributed by atoms with Gasteiger partial charge < -0.3 is 20.0 Å². The summed E-state index contributed by atoms with van der Waals surface area (Å²) in [6, 6.07) is 7.25. The van der Waals surface area contributed by atoms with Gasteiger partial charge in [-0.25, -0.2) is 4.79 Å². The van der Waals surface area contributed by atoms with Crippen molar-refractivity contribution in [3.8, 4) is 0 Å². The highest BCUT2D eigenvalue weighted by atomic mass is 16.2. The molecule has 154 valence electrons. The van der Waals surface area contributed by atoms with Crippen molar-refractivity contribution in [2.75, 3.05) is 51.1 Å². The molecule has 1 N–H and O–H groups in total. The summed E-state index contributed by atoms with van der Waals surface area (Å²) >= 11 is 0. The summed E-state index contributed by atoms with van der Waals surface area (Å²) in [4.78, 5) is 31.5. The average molecular weight is 387 g/mol. The Labute approximate surface area is 168 Å². The number of nitrogens with zero attached hydrogens (tertiary/aromatic N) is 3. The van der Waals surface area contributed by atoms with Crippen molar-refractivity contribution >= 4 is 17.6 Å². The number of likely N-dealkylation sites (tertiary alicyclic amines) is 1. The Hall–Kier alpha value is -2.08. The monoisotopic (exact) mass is 386 g/mol. The van der Waals surface area contributed by atoms with Gasteiger partial charge >= 0.3 is 6.03 Å². The SMILES string of the molecule is CCCN1CCCN(C(=O)Nc2ccc(C(=O)N3CCC(C)CC3)cc2)CC1. The van der Waals surface area contributed by atoms with Gasteiger partial charge in [-0.1, -0.05) is 13.8 Å². The number of benzene rings is 1. The number of anilines is 1. The lowest BCUT2D eigenvalue weighted by molar-refractivity contribution is 0.0697. The van der Waals surface area contributed by atoms with Gasteiger partial charge in [-0.15, -0.1) is 0 Å². The molecular formula is C22H34N4O2. The molecule has 1 aromatic rings. The molecule has 1 aromatic carbocycles. The topological polar surface area (TPSA) is 55.9 Å². The molecule has 0 bridgehead atoms. The van der Waals surface area contributed by atoms with E-state index in [0.29, 0.717) is 11.5 Å². The van der Waals surface area contributed by atoms with Crippen LogP contribution in [0.5, 0.6) is 0 Å². The Kier molecular flexibility index (Phi) is 7.31. The number of amides is 3. The zero-order valence-electron chi connectivity index (χ0n) is 17.3. The predicted octanol–water partition coefficient (Wildman–Crippen LogP) is 3.51. The summed E-state index contributed by atoms with van der Waals surface area (Å²) in [6.07, 6.45) is 4.31. The fraction of sp³-hybridized carbons (Fsp3) is 0.636. The van der Waals surface area contributed by atoms with Gasteiger partial charge in [0.2, 0.25) is 0 Å². The van der Waals surface area contributed by atoms with E-state index in [9.17, 15) is 9.59 Å². The van der Waals surface area contributed by atoms with E-state index in [-0.39, 0.29) is 11.9 Å². The van der Waals surface area contributed by atoms with Gasteiger partial charge in [-0.2, -0.15) is 0 Å². The predicted molar refractivity (Wildman–Crippen MR) is 113 cm³/mol. The van der Waals surface area contributed by atoms with Crippen molar-refractivity contribution in [1.29, 1.82) is 0 Å². The molecule has 6 heteroatoms. The zero-order valence-corrected chi connectivity index (χ0v) is 17.3. The first-order valence-corrected chi connectivity index (χ1v) is 10.7. The van der Waals surface area contributed by atoms with Crippen LogP contribution in [-0.4, -0.2) is 72.5 Å². The molecule has 2 aliphatic heterocycles. The van der Waals surface area contributed by atoms with E-state index in [1.165, 1.54) is 0 Å². The Morgan fingerprint density at radius 3 is 2.36 bits per heavy atom. The summed E-state index contributed by atoms with van der Waals surface area (Å²) < 4.78 is 0. The highest BCUT2D eigenvalue weighted by Gasteiger charge is 2.22. The number of hydrogen-bond donors (Lipinski definition) is 1. The fourth-order valence-electron chi connectivity index (χ4n) is 4.01. The van der Waals surface area contributed by atoms with Crippen molar-refractivity contribution < 1.29 is 9.59 Å². The number of carbonyl (C=O) groups excluding carboxylic acids is 2. The highest BCUT2D eigenvalue weighted by molar-refractivity contribution is 5.95. The summed E-state index contributed by atoms with van der Waals surface area (Å²) in [6.45, 7) is 10.7. The maximum Gasteiger partial charge on any atom is 0.321 e. The van der Waals surface area contributed by atoms with E-state index >= 15 is 0 Å². The van der Waals surface area contributed by atoms with E-state index < -0.39 is 0 Å². The maximum absolute atomic E-state index is 12.6. The Bertz CT molecular complexity index is 653. The first-order valence-electron chi connectivity index (χ1n) is 10.7. The fourth-order valence-corrected chi connectivity index (χ4v) is 4.01. The van der Waals surface area contributed by atoms with Crippen molar-refractivity contribution in [3.05, 3.63) is 29.8 Å². The number of rotatable bonds is 4. The van der Waals surface area contributed by atoms with Crippen LogP contribution in [0.1, 0.15) is 49.9 Å². The van der Waals surface area contributed by atoms with Crippen LogP contribution in [0, 0.1) is 5.92 Å². The summed E-state index contributed by atoms with van der Waals surface area (Å²) in [5, 5.41) is 2.98. The molecule has 0 aliphatic carbocycles. The minimum Gasteiger partial charge on any atom is -0.339 e. The lowest BCUT2D eigenvalue weighted by Crippen LogP contribution is -2.38. The molecule has 28 heavy (non-hydrogen) atoms. The van der Waals surface area contributed by atoms with Crippen molar-refractivity contribution in [2.45, 2.75) is 39.5 Å². The normalized spacial score (nSPS) is 19.4. The molecule has 0 radical (unpaired) electrons.